The first-order valence-electron chi connectivity index (χ1n) is 5.49. The minimum atomic E-state index is -0.188. The van der Waals surface area contributed by atoms with Crippen molar-refractivity contribution < 1.29 is 4.39 Å². The maximum atomic E-state index is 13.3. The molecule has 0 aliphatic carbocycles. The van der Waals surface area contributed by atoms with Crippen LogP contribution in [0.1, 0.15) is 11.1 Å². The molecule has 2 aromatic carbocycles. The van der Waals surface area contributed by atoms with Gasteiger partial charge in [0.05, 0.1) is 0 Å². The Morgan fingerprint density at radius 2 is 1.82 bits per heavy atom. The molecule has 3 heteroatoms. The molecule has 0 atom stereocenters. The van der Waals surface area contributed by atoms with E-state index in [2.05, 4.69) is 5.32 Å². The highest BCUT2D eigenvalue weighted by Crippen LogP contribution is 2.15. The van der Waals surface area contributed by atoms with Crippen molar-refractivity contribution in [2.75, 3.05) is 11.1 Å². The number of halogens is 1. The molecule has 2 aromatic rings. The predicted octanol–water partition coefficient (Wildman–Crippen LogP) is 3.33. The van der Waals surface area contributed by atoms with E-state index in [1.54, 1.807) is 13.0 Å². The lowest BCUT2D eigenvalue weighted by molar-refractivity contribution is 0.619. The Morgan fingerprint density at radius 3 is 2.47 bits per heavy atom. The Morgan fingerprint density at radius 1 is 1.12 bits per heavy atom. The number of nitrogen functional groups attached to an aromatic ring is 1. The smallest absolute Gasteiger partial charge is 0.128 e. The standard InChI is InChI=1S/C14H15FN2/c1-10-2-7-13(8-14(10)15)17-9-11-3-5-12(16)6-4-11/h2-8,17H,9,16H2,1H3. The predicted molar refractivity (Wildman–Crippen MR) is 69.3 cm³/mol. The second-order valence-corrected chi connectivity index (χ2v) is 4.06. The molecule has 0 unspecified atom stereocenters. The van der Waals surface area contributed by atoms with Crippen molar-refractivity contribution in [3.05, 3.63) is 59.4 Å². The molecule has 0 aromatic heterocycles. The highest BCUT2D eigenvalue weighted by Gasteiger charge is 1.99. The van der Waals surface area contributed by atoms with Crippen LogP contribution in [-0.2, 0) is 6.54 Å². The quantitative estimate of drug-likeness (QED) is 0.794. The van der Waals surface area contributed by atoms with Crippen LogP contribution in [0.4, 0.5) is 15.8 Å². The molecule has 0 bridgehead atoms. The van der Waals surface area contributed by atoms with E-state index in [4.69, 9.17) is 5.73 Å². The number of anilines is 2. The third-order valence-corrected chi connectivity index (χ3v) is 2.65. The maximum Gasteiger partial charge on any atom is 0.128 e. The highest BCUT2D eigenvalue weighted by molar-refractivity contribution is 5.46. The second kappa shape index (κ2) is 4.87. The van der Waals surface area contributed by atoms with Gasteiger partial charge in [0.2, 0.25) is 0 Å². The van der Waals surface area contributed by atoms with Gasteiger partial charge in [0.25, 0.3) is 0 Å². The van der Waals surface area contributed by atoms with E-state index in [1.807, 2.05) is 30.3 Å². The van der Waals surface area contributed by atoms with Gasteiger partial charge in [-0.2, -0.15) is 0 Å². The third kappa shape index (κ3) is 2.97. The van der Waals surface area contributed by atoms with Crippen LogP contribution < -0.4 is 11.1 Å². The maximum absolute atomic E-state index is 13.3. The summed E-state index contributed by atoms with van der Waals surface area (Å²) in [6, 6.07) is 12.8. The largest absolute Gasteiger partial charge is 0.399 e. The molecule has 2 nitrogen and oxygen atoms in total. The molecule has 2 rings (SSSR count). The Kier molecular flexibility index (Phi) is 3.28. The van der Waals surface area contributed by atoms with Crippen molar-refractivity contribution >= 4 is 11.4 Å². The topological polar surface area (TPSA) is 38.0 Å². The van der Waals surface area contributed by atoms with Crippen molar-refractivity contribution in [3.8, 4) is 0 Å². The van der Waals surface area contributed by atoms with Gasteiger partial charge in [0.15, 0.2) is 0 Å². The van der Waals surface area contributed by atoms with Crippen molar-refractivity contribution in [2.45, 2.75) is 13.5 Å². The number of rotatable bonds is 3. The Bertz CT molecular complexity index is 506. The first-order valence-corrected chi connectivity index (χ1v) is 5.49. The zero-order valence-corrected chi connectivity index (χ0v) is 9.70. The van der Waals surface area contributed by atoms with Gasteiger partial charge in [-0.25, -0.2) is 4.39 Å². The molecule has 0 saturated carbocycles. The summed E-state index contributed by atoms with van der Waals surface area (Å²) >= 11 is 0. The van der Waals surface area contributed by atoms with Crippen LogP contribution in [0.5, 0.6) is 0 Å². The van der Waals surface area contributed by atoms with Gasteiger partial charge < -0.3 is 11.1 Å². The van der Waals surface area contributed by atoms with Gasteiger partial charge in [0.1, 0.15) is 5.82 Å². The molecule has 0 radical (unpaired) electrons. The fourth-order valence-electron chi connectivity index (χ4n) is 1.54. The zero-order chi connectivity index (χ0) is 12.3. The summed E-state index contributed by atoms with van der Waals surface area (Å²) < 4.78 is 13.3. The van der Waals surface area contributed by atoms with E-state index in [0.29, 0.717) is 12.1 Å². The Labute approximate surface area is 100 Å². The molecule has 3 N–H and O–H groups in total. The molecule has 0 fully saturated rings. The molecular weight excluding hydrogens is 215 g/mol. The number of benzene rings is 2. The summed E-state index contributed by atoms with van der Waals surface area (Å²) in [5, 5.41) is 3.17. The summed E-state index contributed by atoms with van der Waals surface area (Å²) in [5.41, 5.74) is 8.90. The lowest BCUT2D eigenvalue weighted by Gasteiger charge is -2.07. The zero-order valence-electron chi connectivity index (χ0n) is 9.70. The first-order chi connectivity index (χ1) is 8.15. The molecule has 0 aliphatic heterocycles. The molecule has 0 amide bonds. The van der Waals surface area contributed by atoms with Crippen molar-refractivity contribution in [2.24, 2.45) is 0 Å². The lowest BCUT2D eigenvalue weighted by Crippen LogP contribution is -2.00. The number of nitrogens with two attached hydrogens (primary N) is 1. The van der Waals surface area contributed by atoms with Gasteiger partial charge in [-0.15, -0.1) is 0 Å². The molecule has 0 spiro atoms. The molecule has 0 saturated heterocycles. The lowest BCUT2D eigenvalue weighted by atomic mass is 10.2. The van der Waals surface area contributed by atoms with Crippen LogP contribution in [0.3, 0.4) is 0 Å². The van der Waals surface area contributed by atoms with Crippen LogP contribution in [-0.4, -0.2) is 0 Å². The number of aryl methyl sites for hydroxylation is 1. The second-order valence-electron chi connectivity index (χ2n) is 4.06. The van der Waals surface area contributed by atoms with E-state index in [-0.39, 0.29) is 5.82 Å². The van der Waals surface area contributed by atoms with Crippen LogP contribution in [0, 0.1) is 12.7 Å². The average molecular weight is 230 g/mol. The Balaban J connectivity index is 2.02. The fraction of sp³-hybridized carbons (Fsp3) is 0.143. The van der Waals surface area contributed by atoms with Gasteiger partial charge in [-0.05, 0) is 42.3 Å². The molecule has 17 heavy (non-hydrogen) atoms. The van der Waals surface area contributed by atoms with Crippen LogP contribution in [0.2, 0.25) is 0 Å². The number of hydrogen-bond acceptors (Lipinski definition) is 2. The highest BCUT2D eigenvalue weighted by atomic mass is 19.1. The minimum Gasteiger partial charge on any atom is -0.399 e. The summed E-state index contributed by atoms with van der Waals surface area (Å²) in [6.45, 7) is 2.40. The summed E-state index contributed by atoms with van der Waals surface area (Å²) in [6.07, 6.45) is 0. The first kappa shape index (κ1) is 11.5. The molecule has 88 valence electrons. The van der Waals surface area contributed by atoms with E-state index in [0.717, 1.165) is 16.9 Å². The third-order valence-electron chi connectivity index (χ3n) is 2.65. The van der Waals surface area contributed by atoms with Crippen LogP contribution in [0.25, 0.3) is 0 Å². The van der Waals surface area contributed by atoms with Crippen LogP contribution in [0.15, 0.2) is 42.5 Å². The normalized spacial score (nSPS) is 10.2. The summed E-state index contributed by atoms with van der Waals surface area (Å²) in [4.78, 5) is 0. The minimum absolute atomic E-state index is 0.188. The number of nitrogens with one attached hydrogen (secondary N) is 1. The van der Waals surface area contributed by atoms with E-state index >= 15 is 0 Å². The van der Waals surface area contributed by atoms with E-state index < -0.39 is 0 Å². The monoisotopic (exact) mass is 230 g/mol. The molecule has 0 aliphatic rings. The van der Waals surface area contributed by atoms with Crippen molar-refractivity contribution in [3.63, 3.8) is 0 Å². The van der Waals surface area contributed by atoms with Gasteiger partial charge >= 0.3 is 0 Å². The SMILES string of the molecule is Cc1ccc(NCc2ccc(N)cc2)cc1F. The summed E-state index contributed by atoms with van der Waals surface area (Å²) in [5.74, 6) is -0.188. The van der Waals surface area contributed by atoms with Crippen molar-refractivity contribution in [1.82, 2.24) is 0 Å². The summed E-state index contributed by atoms with van der Waals surface area (Å²) in [7, 11) is 0. The van der Waals surface area contributed by atoms with E-state index in [9.17, 15) is 4.39 Å². The van der Waals surface area contributed by atoms with Crippen LogP contribution >= 0.6 is 0 Å². The molecular formula is C14H15FN2. The van der Waals surface area contributed by atoms with Gasteiger partial charge in [0, 0.05) is 17.9 Å². The van der Waals surface area contributed by atoms with Gasteiger partial charge in [-0.1, -0.05) is 18.2 Å². The van der Waals surface area contributed by atoms with E-state index in [1.165, 1.54) is 6.07 Å². The molecule has 0 heterocycles. The average Bonchev–Trinajstić information content (AvgIpc) is 2.33. The van der Waals surface area contributed by atoms with Crippen molar-refractivity contribution in [1.29, 1.82) is 0 Å². The number of hydrogen-bond donors (Lipinski definition) is 2. The Hall–Kier alpha value is -2.03. The van der Waals surface area contributed by atoms with Gasteiger partial charge in [-0.3, -0.25) is 0 Å². The fourth-order valence-corrected chi connectivity index (χ4v) is 1.54.